The second kappa shape index (κ2) is 5.12. The number of nitrogens with one attached hydrogen (secondary N) is 1. The van der Waals surface area contributed by atoms with Gasteiger partial charge in [0, 0.05) is 24.2 Å². The Labute approximate surface area is 128 Å². The van der Waals surface area contributed by atoms with Gasteiger partial charge in [-0.25, -0.2) is 9.97 Å². The molecule has 0 atom stereocenters. The molecular weight excluding hydrogens is 326 g/mol. The fraction of sp³-hybridized carbons (Fsp3) is 0.231. The van der Waals surface area contributed by atoms with Crippen molar-refractivity contribution in [1.82, 2.24) is 15.3 Å². The second-order valence-corrected chi connectivity index (χ2v) is 5.37. The lowest BCUT2D eigenvalue weighted by Crippen LogP contribution is -2.14. The van der Waals surface area contributed by atoms with Crippen LogP contribution in [0.25, 0.3) is 11.4 Å². The van der Waals surface area contributed by atoms with Crippen molar-refractivity contribution in [2.45, 2.75) is 19.3 Å². The van der Waals surface area contributed by atoms with Crippen LogP contribution in [-0.2, 0) is 19.3 Å². The molecule has 1 aliphatic rings. The van der Waals surface area contributed by atoms with Gasteiger partial charge >= 0.3 is 6.18 Å². The monoisotopic (exact) mass is 333 g/mol. The molecule has 1 aromatic heterocycles. The maximum atomic E-state index is 13.1. The Morgan fingerprint density at radius 2 is 1.81 bits per heavy atom. The molecule has 1 N–H and O–H groups in total. The van der Waals surface area contributed by atoms with Gasteiger partial charge in [-0.05, 0) is 18.2 Å². The Morgan fingerprint density at radius 3 is 2.48 bits per heavy atom. The molecule has 0 unspecified atom stereocenters. The highest BCUT2D eigenvalue weighted by atomic mass is 35.5. The molecule has 2 aromatic rings. The molecule has 3 rings (SSSR count). The molecule has 0 saturated heterocycles. The van der Waals surface area contributed by atoms with Gasteiger partial charge in [0.05, 0.1) is 15.7 Å². The van der Waals surface area contributed by atoms with Crippen molar-refractivity contribution in [3.05, 3.63) is 45.2 Å². The molecule has 0 amide bonds. The minimum absolute atomic E-state index is 0.0108. The number of rotatable bonds is 1. The number of fused-ring (bicyclic) bond motifs is 1. The van der Waals surface area contributed by atoms with Gasteiger partial charge in [-0.3, -0.25) is 0 Å². The van der Waals surface area contributed by atoms with Crippen molar-refractivity contribution in [3.8, 4) is 11.4 Å². The molecule has 110 valence electrons. The van der Waals surface area contributed by atoms with Gasteiger partial charge in [-0.15, -0.1) is 0 Å². The number of aromatic nitrogens is 2. The van der Waals surface area contributed by atoms with Crippen LogP contribution >= 0.6 is 23.2 Å². The van der Waals surface area contributed by atoms with Crippen molar-refractivity contribution in [1.29, 1.82) is 0 Å². The predicted octanol–water partition coefficient (Wildman–Crippen LogP) is 4.07. The van der Waals surface area contributed by atoms with E-state index in [1.165, 1.54) is 12.1 Å². The molecule has 8 heteroatoms. The van der Waals surface area contributed by atoms with Gasteiger partial charge in [-0.2, -0.15) is 13.2 Å². The summed E-state index contributed by atoms with van der Waals surface area (Å²) in [5, 5.41) is 3.41. The Bertz CT molecular complexity index is 717. The summed E-state index contributed by atoms with van der Waals surface area (Å²) < 4.78 is 39.4. The molecule has 0 fully saturated rings. The zero-order chi connectivity index (χ0) is 15.2. The smallest absolute Gasteiger partial charge is 0.307 e. The van der Waals surface area contributed by atoms with Crippen LogP contribution < -0.4 is 5.32 Å². The molecule has 21 heavy (non-hydrogen) atoms. The average Bonchev–Trinajstić information content (AvgIpc) is 2.87. The first-order valence-corrected chi connectivity index (χ1v) is 6.75. The lowest BCUT2D eigenvalue weighted by Gasteiger charge is -2.12. The molecule has 0 saturated carbocycles. The van der Waals surface area contributed by atoms with E-state index in [9.17, 15) is 13.2 Å². The van der Waals surface area contributed by atoms with Gasteiger partial charge in [0.25, 0.3) is 0 Å². The van der Waals surface area contributed by atoms with E-state index in [0.29, 0.717) is 16.3 Å². The lowest BCUT2D eigenvalue weighted by atomic mass is 10.1. The van der Waals surface area contributed by atoms with Crippen molar-refractivity contribution in [3.63, 3.8) is 0 Å². The van der Waals surface area contributed by atoms with Gasteiger partial charge in [0.1, 0.15) is 0 Å². The standard InChI is InChI=1S/C13H8Cl2F3N3/c14-8-2-1-6(3-9(8)15)12-20-10-5-19-4-7(10)11(21-12)13(16,17)18/h1-3,19H,4-5H2. The quantitative estimate of drug-likeness (QED) is 0.854. The number of benzene rings is 1. The van der Waals surface area contributed by atoms with E-state index >= 15 is 0 Å². The van der Waals surface area contributed by atoms with Crippen molar-refractivity contribution in [2.75, 3.05) is 0 Å². The van der Waals surface area contributed by atoms with Crippen LogP contribution in [0.4, 0.5) is 13.2 Å². The van der Waals surface area contributed by atoms with Crippen LogP contribution in [0, 0.1) is 0 Å². The first kappa shape index (κ1) is 14.6. The summed E-state index contributed by atoms with van der Waals surface area (Å²) in [6.45, 7) is 0.404. The van der Waals surface area contributed by atoms with Crippen LogP contribution in [0.1, 0.15) is 17.0 Å². The maximum Gasteiger partial charge on any atom is 0.433 e. The largest absolute Gasteiger partial charge is 0.433 e. The number of hydrogen-bond acceptors (Lipinski definition) is 3. The summed E-state index contributed by atoms with van der Waals surface area (Å²) in [6, 6.07) is 4.49. The highest BCUT2D eigenvalue weighted by Crippen LogP contribution is 2.35. The fourth-order valence-corrected chi connectivity index (χ4v) is 2.47. The second-order valence-electron chi connectivity index (χ2n) is 4.55. The third-order valence-electron chi connectivity index (χ3n) is 3.13. The Hall–Kier alpha value is -1.37. The van der Waals surface area contributed by atoms with Gasteiger partial charge in [0.2, 0.25) is 0 Å². The summed E-state index contributed by atoms with van der Waals surface area (Å²) in [7, 11) is 0. The maximum absolute atomic E-state index is 13.1. The number of halogens is 5. The van der Waals surface area contributed by atoms with Gasteiger partial charge in [-0.1, -0.05) is 23.2 Å². The Balaban J connectivity index is 2.18. The van der Waals surface area contributed by atoms with Crippen molar-refractivity contribution >= 4 is 23.2 Å². The Morgan fingerprint density at radius 1 is 1.05 bits per heavy atom. The first-order chi connectivity index (χ1) is 9.86. The molecule has 0 spiro atoms. The molecule has 0 bridgehead atoms. The molecule has 1 aromatic carbocycles. The van der Waals surface area contributed by atoms with E-state index in [1.807, 2.05) is 0 Å². The molecule has 0 radical (unpaired) electrons. The van der Waals surface area contributed by atoms with E-state index in [0.717, 1.165) is 0 Å². The van der Waals surface area contributed by atoms with E-state index in [4.69, 9.17) is 23.2 Å². The zero-order valence-corrected chi connectivity index (χ0v) is 11.9. The number of alkyl halides is 3. The molecular formula is C13H8Cl2F3N3. The van der Waals surface area contributed by atoms with E-state index in [1.54, 1.807) is 6.07 Å². The molecule has 3 nitrogen and oxygen atoms in total. The minimum atomic E-state index is -4.52. The highest BCUT2D eigenvalue weighted by Gasteiger charge is 2.38. The van der Waals surface area contributed by atoms with E-state index in [-0.39, 0.29) is 29.5 Å². The molecule has 0 aliphatic carbocycles. The minimum Gasteiger partial charge on any atom is -0.307 e. The van der Waals surface area contributed by atoms with E-state index in [2.05, 4.69) is 15.3 Å². The number of hydrogen-bond donors (Lipinski definition) is 1. The average molecular weight is 334 g/mol. The molecule has 1 aliphatic heterocycles. The van der Waals surface area contributed by atoms with Crippen LogP contribution in [0.2, 0.25) is 10.0 Å². The third-order valence-corrected chi connectivity index (χ3v) is 3.87. The third kappa shape index (κ3) is 2.71. The van der Waals surface area contributed by atoms with Gasteiger partial charge in [0.15, 0.2) is 11.5 Å². The highest BCUT2D eigenvalue weighted by molar-refractivity contribution is 6.42. The lowest BCUT2D eigenvalue weighted by molar-refractivity contribution is -0.141. The van der Waals surface area contributed by atoms with Crippen LogP contribution in [0.3, 0.4) is 0 Å². The number of nitrogens with zero attached hydrogens (tertiary/aromatic N) is 2. The van der Waals surface area contributed by atoms with Crippen LogP contribution in [0.15, 0.2) is 18.2 Å². The molecule has 2 heterocycles. The topological polar surface area (TPSA) is 37.8 Å². The fourth-order valence-electron chi connectivity index (χ4n) is 2.17. The van der Waals surface area contributed by atoms with Crippen molar-refractivity contribution in [2.24, 2.45) is 0 Å². The van der Waals surface area contributed by atoms with Crippen LogP contribution in [-0.4, -0.2) is 9.97 Å². The summed E-state index contributed by atoms with van der Waals surface area (Å²) in [5.41, 5.74) is -0.0483. The predicted molar refractivity (Wildman–Crippen MR) is 73.0 cm³/mol. The normalized spacial score (nSPS) is 14.3. The summed E-state index contributed by atoms with van der Waals surface area (Å²) in [5.74, 6) is -0.0108. The summed E-state index contributed by atoms with van der Waals surface area (Å²) >= 11 is 11.7. The van der Waals surface area contributed by atoms with E-state index < -0.39 is 11.9 Å². The van der Waals surface area contributed by atoms with Crippen LogP contribution in [0.5, 0.6) is 0 Å². The summed E-state index contributed by atoms with van der Waals surface area (Å²) in [4.78, 5) is 7.87. The van der Waals surface area contributed by atoms with Gasteiger partial charge < -0.3 is 5.32 Å². The first-order valence-electron chi connectivity index (χ1n) is 5.99. The summed E-state index contributed by atoms with van der Waals surface area (Å²) in [6.07, 6.45) is -4.52. The SMILES string of the molecule is FC(F)(F)c1nc(-c2ccc(Cl)c(Cl)c2)nc2c1CNC2. The van der Waals surface area contributed by atoms with Crippen molar-refractivity contribution < 1.29 is 13.2 Å². The zero-order valence-electron chi connectivity index (χ0n) is 10.4. The Kier molecular flexibility index (Phi) is 3.55.